The van der Waals surface area contributed by atoms with Crippen LogP contribution in [0, 0.1) is 0 Å². The molecule has 0 saturated carbocycles. The summed E-state index contributed by atoms with van der Waals surface area (Å²) in [5.41, 5.74) is 0. The van der Waals surface area contributed by atoms with Crippen molar-refractivity contribution in [3.63, 3.8) is 0 Å². The Labute approximate surface area is 131 Å². The summed E-state index contributed by atoms with van der Waals surface area (Å²) in [4.78, 5) is 3.61. The highest BCUT2D eigenvalue weighted by atomic mass is 32.1. The SMILES string of the molecule is CC(C)OCC(O)CN(Cc1cccs1)CC1CCCO1. The van der Waals surface area contributed by atoms with Crippen LogP contribution in [0.2, 0.25) is 0 Å². The Morgan fingerprint density at radius 2 is 2.38 bits per heavy atom. The molecule has 1 aliphatic rings. The van der Waals surface area contributed by atoms with Crippen LogP contribution in [0.3, 0.4) is 0 Å². The van der Waals surface area contributed by atoms with E-state index in [2.05, 4.69) is 22.4 Å². The average molecular weight is 313 g/mol. The van der Waals surface area contributed by atoms with Crippen LogP contribution in [0.4, 0.5) is 0 Å². The van der Waals surface area contributed by atoms with Crippen LogP contribution in [0.5, 0.6) is 0 Å². The Morgan fingerprint density at radius 3 is 3.00 bits per heavy atom. The molecule has 1 saturated heterocycles. The molecule has 0 bridgehead atoms. The topological polar surface area (TPSA) is 41.9 Å². The Bertz CT molecular complexity index is 377. The number of hydrogen-bond acceptors (Lipinski definition) is 5. The fourth-order valence-corrected chi connectivity index (χ4v) is 3.30. The summed E-state index contributed by atoms with van der Waals surface area (Å²) in [6, 6.07) is 4.22. The maximum Gasteiger partial charge on any atom is 0.0900 e. The molecule has 120 valence electrons. The van der Waals surface area contributed by atoms with E-state index in [1.165, 1.54) is 4.88 Å². The van der Waals surface area contributed by atoms with Gasteiger partial charge in [0.2, 0.25) is 0 Å². The molecule has 1 aromatic rings. The number of ether oxygens (including phenoxy) is 2. The van der Waals surface area contributed by atoms with E-state index in [1.54, 1.807) is 11.3 Å². The van der Waals surface area contributed by atoms with Crippen molar-refractivity contribution in [1.82, 2.24) is 4.90 Å². The molecule has 2 rings (SSSR count). The lowest BCUT2D eigenvalue weighted by Gasteiger charge is -2.27. The predicted octanol–water partition coefficient (Wildman–Crippen LogP) is 2.52. The molecule has 1 aliphatic heterocycles. The number of hydrogen-bond donors (Lipinski definition) is 1. The first-order valence-corrected chi connectivity index (χ1v) is 8.67. The molecular weight excluding hydrogens is 286 g/mol. The summed E-state index contributed by atoms with van der Waals surface area (Å²) in [6.45, 7) is 7.63. The molecule has 1 aromatic heterocycles. The van der Waals surface area contributed by atoms with Crippen molar-refractivity contribution in [3.05, 3.63) is 22.4 Å². The molecular formula is C16H27NO3S. The Kier molecular flexibility index (Phi) is 7.13. The van der Waals surface area contributed by atoms with Crippen LogP contribution in [-0.2, 0) is 16.0 Å². The third kappa shape index (κ3) is 6.45. The number of thiophene rings is 1. The van der Waals surface area contributed by atoms with Crippen molar-refractivity contribution < 1.29 is 14.6 Å². The van der Waals surface area contributed by atoms with Crippen molar-refractivity contribution in [2.45, 2.75) is 51.5 Å². The molecule has 5 heteroatoms. The van der Waals surface area contributed by atoms with E-state index in [-0.39, 0.29) is 6.10 Å². The van der Waals surface area contributed by atoms with Gasteiger partial charge in [0.1, 0.15) is 0 Å². The van der Waals surface area contributed by atoms with Crippen molar-refractivity contribution in [2.75, 3.05) is 26.3 Å². The second kappa shape index (κ2) is 8.86. The van der Waals surface area contributed by atoms with Crippen molar-refractivity contribution in [2.24, 2.45) is 0 Å². The normalized spacial score (nSPS) is 20.5. The first kappa shape index (κ1) is 16.9. The van der Waals surface area contributed by atoms with E-state index < -0.39 is 6.10 Å². The second-order valence-corrected chi connectivity index (χ2v) is 6.98. The van der Waals surface area contributed by atoms with Crippen LogP contribution in [0.1, 0.15) is 31.6 Å². The Balaban J connectivity index is 1.84. The molecule has 1 fully saturated rings. The highest BCUT2D eigenvalue weighted by Crippen LogP contribution is 2.17. The quantitative estimate of drug-likeness (QED) is 0.761. The molecule has 0 amide bonds. The summed E-state index contributed by atoms with van der Waals surface area (Å²) in [7, 11) is 0. The summed E-state index contributed by atoms with van der Waals surface area (Å²) < 4.78 is 11.2. The van der Waals surface area contributed by atoms with Crippen LogP contribution in [0.15, 0.2) is 17.5 Å². The van der Waals surface area contributed by atoms with Gasteiger partial charge in [-0.25, -0.2) is 0 Å². The van der Waals surface area contributed by atoms with Crippen LogP contribution < -0.4 is 0 Å². The standard InChI is InChI=1S/C16H27NO3S/c1-13(2)20-12-14(18)9-17(10-15-5-3-7-19-15)11-16-6-4-8-21-16/h4,6,8,13-15,18H,3,5,7,9-12H2,1-2H3. The van der Waals surface area contributed by atoms with Gasteiger partial charge in [-0.1, -0.05) is 6.07 Å². The highest BCUT2D eigenvalue weighted by Gasteiger charge is 2.21. The van der Waals surface area contributed by atoms with Gasteiger partial charge in [0.05, 0.1) is 24.9 Å². The third-order valence-electron chi connectivity index (χ3n) is 3.54. The molecule has 2 atom stereocenters. The van der Waals surface area contributed by atoms with E-state index in [9.17, 15) is 5.11 Å². The minimum atomic E-state index is -0.450. The number of aliphatic hydroxyl groups is 1. The predicted molar refractivity (Wildman–Crippen MR) is 85.7 cm³/mol. The second-order valence-electron chi connectivity index (χ2n) is 5.94. The van der Waals surface area contributed by atoms with Crippen LogP contribution in [0.25, 0.3) is 0 Å². The highest BCUT2D eigenvalue weighted by molar-refractivity contribution is 7.09. The van der Waals surface area contributed by atoms with Gasteiger partial charge in [-0.3, -0.25) is 4.90 Å². The minimum Gasteiger partial charge on any atom is -0.389 e. The van der Waals surface area contributed by atoms with E-state index in [0.29, 0.717) is 19.3 Å². The van der Waals surface area contributed by atoms with Gasteiger partial charge in [0, 0.05) is 31.1 Å². The fourth-order valence-electron chi connectivity index (χ4n) is 2.56. The first-order valence-electron chi connectivity index (χ1n) is 7.79. The molecule has 21 heavy (non-hydrogen) atoms. The summed E-state index contributed by atoms with van der Waals surface area (Å²) in [5.74, 6) is 0. The van der Waals surface area contributed by atoms with Crippen LogP contribution in [-0.4, -0.2) is 54.6 Å². The van der Waals surface area contributed by atoms with Gasteiger partial charge in [0.15, 0.2) is 0 Å². The zero-order valence-electron chi connectivity index (χ0n) is 13.0. The van der Waals surface area contributed by atoms with Crippen LogP contribution >= 0.6 is 11.3 Å². The minimum absolute atomic E-state index is 0.156. The van der Waals surface area contributed by atoms with Crippen molar-refractivity contribution in [3.8, 4) is 0 Å². The average Bonchev–Trinajstić information content (AvgIpc) is 3.10. The van der Waals surface area contributed by atoms with Gasteiger partial charge in [-0.2, -0.15) is 0 Å². The lowest BCUT2D eigenvalue weighted by Crippen LogP contribution is -2.39. The number of nitrogens with zero attached hydrogens (tertiary/aromatic N) is 1. The van der Waals surface area contributed by atoms with E-state index in [1.807, 2.05) is 13.8 Å². The molecule has 0 aliphatic carbocycles. The Morgan fingerprint density at radius 1 is 1.52 bits per heavy atom. The molecule has 2 unspecified atom stereocenters. The maximum absolute atomic E-state index is 10.2. The molecule has 0 radical (unpaired) electrons. The van der Waals surface area contributed by atoms with Crippen molar-refractivity contribution >= 4 is 11.3 Å². The van der Waals surface area contributed by atoms with Gasteiger partial charge < -0.3 is 14.6 Å². The lowest BCUT2D eigenvalue weighted by molar-refractivity contribution is -0.0170. The molecule has 4 nitrogen and oxygen atoms in total. The third-order valence-corrected chi connectivity index (χ3v) is 4.40. The molecule has 0 aromatic carbocycles. The van der Waals surface area contributed by atoms with E-state index >= 15 is 0 Å². The monoisotopic (exact) mass is 313 g/mol. The molecule has 1 N–H and O–H groups in total. The van der Waals surface area contributed by atoms with E-state index in [4.69, 9.17) is 9.47 Å². The zero-order valence-corrected chi connectivity index (χ0v) is 13.8. The summed E-state index contributed by atoms with van der Waals surface area (Å²) in [5, 5.41) is 12.3. The maximum atomic E-state index is 10.2. The lowest BCUT2D eigenvalue weighted by atomic mass is 10.2. The number of aliphatic hydroxyl groups excluding tert-OH is 1. The molecule has 2 heterocycles. The summed E-state index contributed by atoms with van der Waals surface area (Å²) in [6.07, 6.45) is 2.29. The van der Waals surface area contributed by atoms with Gasteiger partial charge in [-0.15, -0.1) is 11.3 Å². The summed E-state index contributed by atoms with van der Waals surface area (Å²) >= 11 is 1.76. The zero-order chi connectivity index (χ0) is 15.1. The van der Waals surface area contributed by atoms with Gasteiger partial charge >= 0.3 is 0 Å². The smallest absolute Gasteiger partial charge is 0.0900 e. The molecule has 0 spiro atoms. The van der Waals surface area contributed by atoms with Crippen molar-refractivity contribution in [1.29, 1.82) is 0 Å². The Hall–Kier alpha value is -0.460. The largest absolute Gasteiger partial charge is 0.389 e. The number of rotatable bonds is 9. The fraction of sp³-hybridized carbons (Fsp3) is 0.750. The van der Waals surface area contributed by atoms with Gasteiger partial charge in [-0.05, 0) is 38.1 Å². The van der Waals surface area contributed by atoms with E-state index in [0.717, 1.165) is 32.5 Å². The van der Waals surface area contributed by atoms with Gasteiger partial charge in [0.25, 0.3) is 0 Å². The first-order chi connectivity index (χ1) is 10.1.